The van der Waals surface area contributed by atoms with Crippen molar-refractivity contribution in [3.63, 3.8) is 0 Å². The van der Waals surface area contributed by atoms with E-state index in [2.05, 4.69) is 26.8 Å². The van der Waals surface area contributed by atoms with Crippen LogP contribution in [0.2, 0.25) is 0 Å². The Balaban J connectivity index is 1.30. The van der Waals surface area contributed by atoms with Crippen LogP contribution in [0.5, 0.6) is 0 Å². The van der Waals surface area contributed by atoms with E-state index in [4.69, 9.17) is 0 Å². The van der Waals surface area contributed by atoms with Gasteiger partial charge in [-0.05, 0) is 68.6 Å². The van der Waals surface area contributed by atoms with Gasteiger partial charge in [0.05, 0.1) is 10.8 Å². The highest BCUT2D eigenvalue weighted by atomic mass is 32.2. The van der Waals surface area contributed by atoms with E-state index in [1.54, 1.807) is 4.68 Å². The molecule has 0 unspecified atom stereocenters. The Morgan fingerprint density at radius 2 is 1.89 bits per heavy atom. The quantitative estimate of drug-likeness (QED) is 0.396. The van der Waals surface area contributed by atoms with Crippen LogP contribution in [0.1, 0.15) is 51.3 Å². The van der Waals surface area contributed by atoms with Gasteiger partial charge in [0.25, 0.3) is 0 Å². The van der Waals surface area contributed by atoms with Gasteiger partial charge in [-0.1, -0.05) is 11.8 Å². The van der Waals surface area contributed by atoms with E-state index in [0.717, 1.165) is 41.7 Å². The highest BCUT2D eigenvalue weighted by Crippen LogP contribution is 2.61. The largest absolute Gasteiger partial charge is 0.307 e. The number of hydrogen-bond donors (Lipinski definition) is 0. The lowest BCUT2D eigenvalue weighted by atomic mass is 9.49. The van der Waals surface area contributed by atoms with Crippen LogP contribution in [0.15, 0.2) is 17.6 Å². The van der Waals surface area contributed by atoms with Gasteiger partial charge in [-0.25, -0.2) is 0 Å². The molecule has 2 heterocycles. The van der Waals surface area contributed by atoms with Crippen LogP contribution >= 0.6 is 11.8 Å². The summed E-state index contributed by atoms with van der Waals surface area (Å²) < 4.78 is 3.80. The number of aromatic nitrogens is 5. The molecule has 8 nitrogen and oxygen atoms in total. The molecular weight excluding hydrogens is 376 g/mol. The first-order valence-corrected chi connectivity index (χ1v) is 11.2. The van der Waals surface area contributed by atoms with Gasteiger partial charge in [0.1, 0.15) is 18.2 Å². The number of nitrogens with zero attached hydrogens (tertiary/aromatic N) is 6. The van der Waals surface area contributed by atoms with E-state index in [1.807, 2.05) is 0 Å². The van der Waals surface area contributed by atoms with Crippen molar-refractivity contribution in [3.05, 3.63) is 28.3 Å². The lowest BCUT2D eigenvalue weighted by molar-refractivity contribution is -0.385. The first-order valence-electron chi connectivity index (χ1n) is 10.3. The van der Waals surface area contributed by atoms with Crippen LogP contribution in [0.4, 0.5) is 5.69 Å². The molecule has 0 N–H and O–H groups in total. The van der Waals surface area contributed by atoms with Crippen molar-refractivity contribution in [1.82, 2.24) is 24.5 Å². The maximum Gasteiger partial charge on any atom is 0.307 e. The summed E-state index contributed by atoms with van der Waals surface area (Å²) in [5.41, 5.74) is 0.458. The highest BCUT2D eigenvalue weighted by molar-refractivity contribution is 7.98. The molecule has 0 saturated heterocycles. The van der Waals surface area contributed by atoms with E-state index in [1.165, 1.54) is 62.7 Å². The minimum atomic E-state index is -0.424. The molecule has 4 aliphatic rings. The maximum absolute atomic E-state index is 10.8. The molecule has 4 saturated carbocycles. The summed E-state index contributed by atoms with van der Waals surface area (Å²) in [6.07, 6.45) is 12.3. The molecule has 150 valence electrons. The van der Waals surface area contributed by atoms with Crippen molar-refractivity contribution in [2.24, 2.45) is 23.2 Å². The Bertz CT molecular complexity index is 856. The number of thioether (sulfide) groups is 1. The lowest BCUT2D eigenvalue weighted by Crippen LogP contribution is -2.47. The molecule has 9 heteroatoms. The molecular formula is C19H26N6O2S. The van der Waals surface area contributed by atoms with Crippen molar-refractivity contribution in [2.75, 3.05) is 0 Å². The first kappa shape index (κ1) is 18.1. The minimum Gasteiger partial charge on any atom is -0.306 e. The fourth-order valence-corrected chi connectivity index (χ4v) is 7.24. The molecule has 0 spiro atoms. The maximum atomic E-state index is 10.8. The molecule has 0 amide bonds. The molecule has 0 radical (unpaired) electrons. The third kappa shape index (κ3) is 3.23. The Kier molecular flexibility index (Phi) is 4.45. The third-order valence-electron chi connectivity index (χ3n) is 6.96. The molecule has 4 fully saturated rings. The van der Waals surface area contributed by atoms with Crippen molar-refractivity contribution in [1.29, 1.82) is 0 Å². The predicted molar refractivity (Wildman–Crippen MR) is 105 cm³/mol. The molecule has 0 atom stereocenters. The second kappa shape index (κ2) is 6.86. The van der Waals surface area contributed by atoms with Crippen LogP contribution in [0.3, 0.4) is 0 Å². The molecule has 6 rings (SSSR count). The third-order valence-corrected chi connectivity index (χ3v) is 7.92. The standard InChI is InChI=1S/C19H26N6O2S/c1-2-24-17(9-19-6-13-3-14(7-19)5-15(4-13)8-19)21-22-18(24)28-12-23-11-16(10-20-23)25(26)27/h10-11,13-15H,2-9,12H2,1H3. The first-order chi connectivity index (χ1) is 13.5. The minimum absolute atomic E-state index is 0.0139. The summed E-state index contributed by atoms with van der Waals surface area (Å²) >= 11 is 1.53. The summed E-state index contributed by atoms with van der Waals surface area (Å²) in [4.78, 5) is 10.4. The number of hydrogen-bond acceptors (Lipinski definition) is 6. The van der Waals surface area contributed by atoms with E-state index in [0.29, 0.717) is 11.3 Å². The molecule has 4 aliphatic carbocycles. The zero-order chi connectivity index (χ0) is 19.3. The zero-order valence-corrected chi connectivity index (χ0v) is 17.0. The molecule has 28 heavy (non-hydrogen) atoms. The Labute approximate surface area is 168 Å². The normalized spacial score (nSPS) is 30.8. The summed E-state index contributed by atoms with van der Waals surface area (Å²) in [5.74, 6) is 4.41. The van der Waals surface area contributed by atoms with E-state index in [-0.39, 0.29) is 5.69 Å². The van der Waals surface area contributed by atoms with Gasteiger partial charge in [0.2, 0.25) is 0 Å². The summed E-state index contributed by atoms with van der Waals surface area (Å²) in [5, 5.41) is 24.8. The molecule has 0 aromatic carbocycles. The van der Waals surface area contributed by atoms with Crippen LogP contribution in [-0.4, -0.2) is 29.5 Å². The van der Waals surface area contributed by atoms with E-state index >= 15 is 0 Å². The fraction of sp³-hybridized carbons (Fsp3) is 0.737. The van der Waals surface area contributed by atoms with Crippen molar-refractivity contribution in [3.8, 4) is 0 Å². The average molecular weight is 403 g/mol. The summed E-state index contributed by atoms with van der Waals surface area (Å²) in [6.45, 7) is 2.98. The van der Waals surface area contributed by atoms with Gasteiger partial charge in [-0.3, -0.25) is 14.8 Å². The SMILES string of the molecule is CCn1c(CC23CC4CC(CC(C4)C2)C3)nnc1SCn1cc([N+](=O)[O-])cn1. The summed E-state index contributed by atoms with van der Waals surface area (Å²) in [6, 6.07) is 0. The van der Waals surface area contributed by atoms with Crippen molar-refractivity contribution >= 4 is 17.4 Å². The second-order valence-electron chi connectivity index (χ2n) is 9.01. The highest BCUT2D eigenvalue weighted by Gasteiger charge is 2.51. The Hall–Kier alpha value is -1.90. The van der Waals surface area contributed by atoms with Crippen molar-refractivity contribution in [2.45, 2.75) is 69.4 Å². The average Bonchev–Trinajstić information content (AvgIpc) is 3.25. The number of rotatable bonds is 7. The van der Waals surface area contributed by atoms with Gasteiger partial charge < -0.3 is 4.57 Å². The molecule has 0 aliphatic heterocycles. The molecule has 2 aromatic heterocycles. The molecule has 2 aromatic rings. The van der Waals surface area contributed by atoms with Crippen LogP contribution in [-0.2, 0) is 18.8 Å². The van der Waals surface area contributed by atoms with Gasteiger partial charge in [0.15, 0.2) is 5.16 Å². The summed E-state index contributed by atoms with van der Waals surface area (Å²) in [7, 11) is 0. The Morgan fingerprint density at radius 1 is 1.21 bits per heavy atom. The topological polar surface area (TPSA) is 91.7 Å². The van der Waals surface area contributed by atoms with Crippen LogP contribution < -0.4 is 0 Å². The second-order valence-corrected chi connectivity index (χ2v) is 9.92. The zero-order valence-electron chi connectivity index (χ0n) is 16.2. The monoisotopic (exact) mass is 402 g/mol. The fourth-order valence-electron chi connectivity index (χ4n) is 6.36. The van der Waals surface area contributed by atoms with Gasteiger partial charge >= 0.3 is 5.69 Å². The van der Waals surface area contributed by atoms with E-state index in [9.17, 15) is 10.1 Å². The predicted octanol–water partition coefficient (Wildman–Crippen LogP) is 3.91. The van der Waals surface area contributed by atoms with Crippen LogP contribution in [0.25, 0.3) is 0 Å². The number of nitro groups is 1. The smallest absolute Gasteiger partial charge is 0.306 e. The van der Waals surface area contributed by atoms with Gasteiger partial charge in [-0.2, -0.15) is 5.10 Å². The van der Waals surface area contributed by atoms with Crippen LogP contribution in [0, 0.1) is 33.3 Å². The Morgan fingerprint density at radius 3 is 2.46 bits per heavy atom. The van der Waals surface area contributed by atoms with E-state index < -0.39 is 4.92 Å². The van der Waals surface area contributed by atoms with Gasteiger partial charge in [0, 0.05) is 13.0 Å². The van der Waals surface area contributed by atoms with Gasteiger partial charge in [-0.15, -0.1) is 10.2 Å². The van der Waals surface area contributed by atoms with Crippen molar-refractivity contribution < 1.29 is 4.92 Å². The molecule has 4 bridgehead atoms. The lowest BCUT2D eigenvalue weighted by Gasteiger charge is -2.56.